The van der Waals surface area contributed by atoms with E-state index in [4.69, 9.17) is 4.74 Å². The lowest BCUT2D eigenvalue weighted by molar-refractivity contribution is 0.406. The average molecular weight is 354 g/mol. The van der Waals surface area contributed by atoms with Crippen molar-refractivity contribution >= 4 is 27.3 Å². The van der Waals surface area contributed by atoms with Gasteiger partial charge in [0.05, 0.1) is 7.11 Å². The third-order valence-corrected chi connectivity index (χ3v) is 5.23. The molecule has 2 aromatic rings. The first-order valence-electron chi connectivity index (χ1n) is 6.76. The molecule has 1 unspecified atom stereocenters. The molecule has 0 amide bonds. The average Bonchev–Trinajstić information content (AvgIpc) is 2.93. The maximum atomic E-state index is 5.46. The maximum Gasteiger partial charge on any atom is 0.122 e. The molecular weight excluding hydrogens is 334 g/mol. The zero-order valence-corrected chi connectivity index (χ0v) is 14.5. The normalized spacial score (nSPS) is 12.4. The van der Waals surface area contributed by atoms with Crippen molar-refractivity contribution in [3.05, 3.63) is 50.1 Å². The van der Waals surface area contributed by atoms with Crippen molar-refractivity contribution in [2.24, 2.45) is 0 Å². The first kappa shape index (κ1) is 15.5. The van der Waals surface area contributed by atoms with Crippen LogP contribution in [0.15, 0.2) is 34.8 Å². The lowest BCUT2D eigenvalue weighted by Gasteiger charge is -2.17. The number of ether oxygens (including phenoxy) is 1. The maximum absolute atomic E-state index is 5.46. The largest absolute Gasteiger partial charge is 0.496 e. The summed E-state index contributed by atoms with van der Waals surface area (Å²) in [4.78, 5) is 2.81. The van der Waals surface area contributed by atoms with Gasteiger partial charge in [-0.3, -0.25) is 0 Å². The Bertz CT molecular complexity index is 567. The minimum absolute atomic E-state index is 0.323. The van der Waals surface area contributed by atoms with Crippen LogP contribution in [-0.4, -0.2) is 14.2 Å². The summed E-state index contributed by atoms with van der Waals surface area (Å²) < 4.78 is 6.55. The number of hydrogen-bond acceptors (Lipinski definition) is 3. The Hall–Kier alpha value is -0.840. The standard InChI is InChI=1S/C16H20BrNOS/c1-4-13-6-8-16(20-13)14(18-2)10-11-9-12(17)5-7-15(11)19-3/h5-9,14,18H,4,10H2,1-3H3. The molecule has 0 fully saturated rings. The van der Waals surface area contributed by atoms with Gasteiger partial charge in [-0.05, 0) is 55.8 Å². The summed E-state index contributed by atoms with van der Waals surface area (Å²) in [5.41, 5.74) is 1.22. The van der Waals surface area contributed by atoms with Crippen LogP contribution in [0.5, 0.6) is 5.75 Å². The molecular formula is C16H20BrNOS. The minimum atomic E-state index is 0.323. The molecule has 0 radical (unpaired) electrons. The summed E-state index contributed by atoms with van der Waals surface area (Å²) in [6.07, 6.45) is 2.02. The Balaban J connectivity index is 2.23. The van der Waals surface area contributed by atoms with E-state index in [0.717, 1.165) is 23.1 Å². The van der Waals surface area contributed by atoms with Crippen molar-refractivity contribution in [3.8, 4) is 5.75 Å². The monoisotopic (exact) mass is 353 g/mol. The van der Waals surface area contributed by atoms with E-state index in [1.807, 2.05) is 30.5 Å². The predicted octanol–water partition coefficient (Wildman–Crippen LogP) is 4.58. The molecule has 20 heavy (non-hydrogen) atoms. The molecule has 1 aromatic heterocycles. The van der Waals surface area contributed by atoms with Gasteiger partial charge in [-0.2, -0.15) is 0 Å². The summed E-state index contributed by atoms with van der Waals surface area (Å²) in [6.45, 7) is 2.20. The van der Waals surface area contributed by atoms with Crippen LogP contribution in [0.3, 0.4) is 0 Å². The molecule has 1 N–H and O–H groups in total. The highest BCUT2D eigenvalue weighted by Crippen LogP contribution is 2.30. The van der Waals surface area contributed by atoms with E-state index in [0.29, 0.717) is 6.04 Å². The van der Waals surface area contributed by atoms with Crippen LogP contribution in [0, 0.1) is 0 Å². The van der Waals surface area contributed by atoms with Crippen LogP contribution in [0.25, 0.3) is 0 Å². The van der Waals surface area contributed by atoms with Crippen molar-refractivity contribution < 1.29 is 4.74 Å². The van der Waals surface area contributed by atoms with Gasteiger partial charge in [0, 0.05) is 20.3 Å². The molecule has 0 bridgehead atoms. The first-order valence-corrected chi connectivity index (χ1v) is 8.37. The highest BCUT2D eigenvalue weighted by atomic mass is 79.9. The lowest BCUT2D eigenvalue weighted by atomic mass is 10.0. The molecule has 0 saturated carbocycles. The molecule has 2 nitrogen and oxygen atoms in total. The van der Waals surface area contributed by atoms with Crippen LogP contribution in [0.4, 0.5) is 0 Å². The molecule has 0 aliphatic heterocycles. The van der Waals surface area contributed by atoms with Crippen molar-refractivity contribution in [1.29, 1.82) is 0 Å². The fourth-order valence-corrected chi connectivity index (χ4v) is 3.71. The number of thiophene rings is 1. The second kappa shape index (κ2) is 7.25. The van der Waals surface area contributed by atoms with E-state index in [1.165, 1.54) is 15.3 Å². The van der Waals surface area contributed by atoms with E-state index in [2.05, 4.69) is 46.4 Å². The zero-order chi connectivity index (χ0) is 14.5. The van der Waals surface area contributed by atoms with Gasteiger partial charge in [0.15, 0.2) is 0 Å². The third-order valence-electron chi connectivity index (χ3n) is 3.39. The van der Waals surface area contributed by atoms with Gasteiger partial charge in [-0.25, -0.2) is 0 Å². The Labute approximate surface area is 133 Å². The highest BCUT2D eigenvalue weighted by Gasteiger charge is 2.15. The fourth-order valence-electron chi connectivity index (χ4n) is 2.24. The van der Waals surface area contributed by atoms with E-state index in [1.54, 1.807) is 7.11 Å². The third kappa shape index (κ3) is 3.62. The molecule has 0 spiro atoms. The van der Waals surface area contributed by atoms with Crippen molar-refractivity contribution in [3.63, 3.8) is 0 Å². The summed E-state index contributed by atoms with van der Waals surface area (Å²) in [5.74, 6) is 0.945. The second-order valence-corrected chi connectivity index (χ2v) is 6.77. The van der Waals surface area contributed by atoms with Crippen LogP contribution >= 0.6 is 27.3 Å². The number of rotatable bonds is 6. The Kier molecular flexibility index (Phi) is 5.64. The van der Waals surface area contributed by atoms with Crippen LogP contribution < -0.4 is 10.1 Å². The molecule has 0 aliphatic carbocycles. The van der Waals surface area contributed by atoms with Crippen molar-refractivity contribution in [2.45, 2.75) is 25.8 Å². The number of methoxy groups -OCH3 is 1. The van der Waals surface area contributed by atoms with Crippen LogP contribution in [0.2, 0.25) is 0 Å². The molecule has 0 aliphatic rings. The Morgan fingerprint density at radius 2 is 2.10 bits per heavy atom. The van der Waals surface area contributed by atoms with Gasteiger partial charge < -0.3 is 10.1 Å². The second-order valence-electron chi connectivity index (χ2n) is 4.66. The van der Waals surface area contributed by atoms with Gasteiger partial charge in [0.25, 0.3) is 0 Å². The van der Waals surface area contributed by atoms with E-state index in [9.17, 15) is 0 Å². The van der Waals surface area contributed by atoms with E-state index >= 15 is 0 Å². The smallest absolute Gasteiger partial charge is 0.122 e. The van der Waals surface area contributed by atoms with Gasteiger partial charge in [-0.1, -0.05) is 22.9 Å². The molecule has 1 heterocycles. The number of likely N-dealkylation sites (N-methyl/N-ethyl adjacent to an activating group) is 1. The fraction of sp³-hybridized carbons (Fsp3) is 0.375. The zero-order valence-electron chi connectivity index (χ0n) is 12.1. The molecule has 0 saturated heterocycles. The van der Waals surface area contributed by atoms with Gasteiger partial charge in [0.1, 0.15) is 5.75 Å². The quantitative estimate of drug-likeness (QED) is 0.820. The van der Waals surface area contributed by atoms with E-state index in [-0.39, 0.29) is 0 Å². The topological polar surface area (TPSA) is 21.3 Å². The number of hydrogen-bond donors (Lipinski definition) is 1. The van der Waals surface area contributed by atoms with Crippen molar-refractivity contribution in [1.82, 2.24) is 5.32 Å². The molecule has 108 valence electrons. The summed E-state index contributed by atoms with van der Waals surface area (Å²) in [7, 11) is 3.74. The molecule has 1 atom stereocenters. The Morgan fingerprint density at radius 3 is 2.70 bits per heavy atom. The summed E-state index contributed by atoms with van der Waals surface area (Å²) in [6, 6.07) is 10.9. The number of halogens is 1. The highest BCUT2D eigenvalue weighted by molar-refractivity contribution is 9.10. The molecule has 2 rings (SSSR count). The summed E-state index contributed by atoms with van der Waals surface area (Å²) >= 11 is 5.42. The molecule has 4 heteroatoms. The summed E-state index contributed by atoms with van der Waals surface area (Å²) in [5, 5.41) is 3.41. The Morgan fingerprint density at radius 1 is 1.30 bits per heavy atom. The number of aryl methyl sites for hydroxylation is 1. The number of nitrogens with one attached hydrogen (secondary N) is 1. The van der Waals surface area contributed by atoms with Crippen molar-refractivity contribution in [2.75, 3.05) is 14.2 Å². The predicted molar refractivity (Wildman–Crippen MR) is 89.9 cm³/mol. The van der Waals surface area contributed by atoms with Gasteiger partial charge >= 0.3 is 0 Å². The SMILES string of the molecule is CCc1ccc(C(Cc2cc(Br)ccc2OC)NC)s1. The number of benzene rings is 1. The van der Waals surface area contributed by atoms with Crippen LogP contribution in [-0.2, 0) is 12.8 Å². The van der Waals surface area contributed by atoms with E-state index < -0.39 is 0 Å². The van der Waals surface area contributed by atoms with Crippen LogP contribution in [0.1, 0.15) is 28.3 Å². The minimum Gasteiger partial charge on any atom is -0.496 e. The molecule has 1 aromatic carbocycles. The van der Waals surface area contributed by atoms with Gasteiger partial charge in [-0.15, -0.1) is 11.3 Å². The van der Waals surface area contributed by atoms with Gasteiger partial charge in [0.2, 0.25) is 0 Å². The first-order chi connectivity index (χ1) is 9.67. The lowest BCUT2D eigenvalue weighted by Crippen LogP contribution is -2.18.